The second-order valence-electron chi connectivity index (χ2n) is 17.0. The van der Waals surface area contributed by atoms with Crippen molar-refractivity contribution in [2.45, 2.75) is 194 Å². The maximum absolute atomic E-state index is 12.8. The molecule has 0 fully saturated rings. The van der Waals surface area contributed by atoms with Crippen molar-refractivity contribution in [1.29, 1.82) is 0 Å². The van der Waals surface area contributed by atoms with Gasteiger partial charge >= 0.3 is 17.9 Å². The van der Waals surface area contributed by atoms with Gasteiger partial charge in [-0.15, -0.1) is 0 Å². The molecule has 6 heteroatoms. The fourth-order valence-corrected chi connectivity index (χ4v) is 6.53. The third kappa shape index (κ3) is 53.6. The van der Waals surface area contributed by atoms with Crippen LogP contribution in [0.25, 0.3) is 0 Å². The fourth-order valence-electron chi connectivity index (χ4n) is 6.53. The zero-order valence-electron chi connectivity index (χ0n) is 43.5. The molecule has 0 bridgehead atoms. The summed E-state index contributed by atoms with van der Waals surface area (Å²) in [5.41, 5.74) is 0. The highest BCUT2D eigenvalue weighted by Crippen LogP contribution is 2.13. The summed E-state index contributed by atoms with van der Waals surface area (Å²) < 4.78 is 16.7. The predicted molar refractivity (Wildman–Crippen MR) is 297 cm³/mol. The first-order chi connectivity index (χ1) is 34.0. The third-order valence-corrected chi connectivity index (χ3v) is 10.5. The van der Waals surface area contributed by atoms with Crippen LogP contribution in [-0.4, -0.2) is 37.2 Å². The first-order valence-corrected chi connectivity index (χ1v) is 26.8. The topological polar surface area (TPSA) is 78.9 Å². The smallest absolute Gasteiger partial charge is 0.306 e. The van der Waals surface area contributed by atoms with Gasteiger partial charge in [-0.3, -0.25) is 14.4 Å². The number of hydrogen-bond donors (Lipinski definition) is 0. The zero-order valence-corrected chi connectivity index (χ0v) is 43.5. The Balaban J connectivity index is 4.63. The van der Waals surface area contributed by atoms with E-state index in [1.807, 2.05) is 122 Å². The van der Waals surface area contributed by atoms with Crippen LogP contribution >= 0.6 is 0 Å². The van der Waals surface area contributed by atoms with Crippen molar-refractivity contribution in [2.24, 2.45) is 0 Å². The molecular weight excluding hydrogens is 853 g/mol. The van der Waals surface area contributed by atoms with Gasteiger partial charge in [-0.25, -0.2) is 0 Å². The molecule has 1 atom stereocenters. The summed E-state index contributed by atoms with van der Waals surface area (Å²) in [6, 6.07) is 0. The van der Waals surface area contributed by atoms with Gasteiger partial charge in [0.2, 0.25) is 0 Å². The number of hydrogen-bond acceptors (Lipinski definition) is 6. The lowest BCUT2D eigenvalue weighted by Gasteiger charge is -2.18. The van der Waals surface area contributed by atoms with Crippen molar-refractivity contribution in [3.8, 4) is 0 Å². The van der Waals surface area contributed by atoms with E-state index in [1.165, 1.54) is 51.4 Å². The highest BCUT2D eigenvalue weighted by atomic mass is 16.6. The van der Waals surface area contributed by atoms with Crippen LogP contribution in [-0.2, 0) is 28.6 Å². The van der Waals surface area contributed by atoms with Crippen molar-refractivity contribution >= 4 is 17.9 Å². The van der Waals surface area contributed by atoms with Crippen LogP contribution in [0, 0.1) is 0 Å². The van der Waals surface area contributed by atoms with Crippen LogP contribution in [0.1, 0.15) is 188 Å². The number of allylic oxidation sites excluding steroid dienone is 28. The molecule has 0 heterocycles. The van der Waals surface area contributed by atoms with Crippen LogP contribution in [0.4, 0.5) is 0 Å². The molecule has 0 N–H and O–H groups in total. The standard InChI is InChI=1S/C63H94O6/c1-4-7-10-13-16-19-22-25-28-31-34-37-40-43-46-49-52-55-61(64)67-58-60(69-63(66)57-54-51-48-45-42-39-36-33-30-27-24-21-18-15-12-9-6-3)59-68-62(65)56-53-50-47-44-41-38-35-32-29-26-23-20-17-14-11-8-5-2/h7,9-10,12-13,15-22,24-31,33-34,36-37,39-40,42,60H,4-6,8,11,14,23,32,35,38,41,43-59H2,1-3H3/b10-7-,12-9-,16-13-,18-15-,20-17-,22-19-,24-21-,28-25-,29-26-,30-27-,34-31+,36-33+,40-37-,42-39-. The molecule has 0 spiro atoms. The van der Waals surface area contributed by atoms with Crippen LogP contribution in [0.15, 0.2) is 170 Å². The van der Waals surface area contributed by atoms with E-state index in [-0.39, 0.29) is 44.0 Å². The van der Waals surface area contributed by atoms with E-state index in [0.717, 1.165) is 83.5 Å². The Morgan fingerprint density at radius 1 is 0.319 bits per heavy atom. The number of ether oxygens (including phenoxy) is 3. The Hall–Kier alpha value is -5.23. The Labute approximate surface area is 422 Å². The molecule has 0 aromatic rings. The van der Waals surface area contributed by atoms with Crippen LogP contribution < -0.4 is 0 Å². The lowest BCUT2D eigenvalue weighted by Crippen LogP contribution is -2.30. The van der Waals surface area contributed by atoms with E-state index in [0.29, 0.717) is 19.3 Å². The van der Waals surface area contributed by atoms with Gasteiger partial charge in [0.15, 0.2) is 6.10 Å². The maximum Gasteiger partial charge on any atom is 0.306 e. The fraction of sp³-hybridized carbons (Fsp3) is 0.508. The first-order valence-electron chi connectivity index (χ1n) is 26.8. The third-order valence-electron chi connectivity index (χ3n) is 10.5. The van der Waals surface area contributed by atoms with E-state index in [2.05, 4.69) is 69.4 Å². The van der Waals surface area contributed by atoms with E-state index in [4.69, 9.17) is 14.2 Å². The van der Waals surface area contributed by atoms with E-state index in [9.17, 15) is 14.4 Å². The summed E-state index contributed by atoms with van der Waals surface area (Å²) in [5.74, 6) is -1.03. The van der Waals surface area contributed by atoms with Gasteiger partial charge in [0, 0.05) is 19.3 Å². The molecule has 69 heavy (non-hydrogen) atoms. The Bertz CT molecular complexity index is 1650. The molecule has 0 saturated heterocycles. The normalized spacial score (nSPS) is 13.5. The minimum atomic E-state index is -0.834. The Kier molecular flexibility index (Phi) is 51.2. The van der Waals surface area contributed by atoms with Gasteiger partial charge in [-0.2, -0.15) is 0 Å². The molecule has 0 aliphatic rings. The van der Waals surface area contributed by atoms with Gasteiger partial charge < -0.3 is 14.2 Å². The molecule has 0 aliphatic carbocycles. The Morgan fingerprint density at radius 3 is 1.01 bits per heavy atom. The van der Waals surface area contributed by atoms with E-state index in [1.54, 1.807) is 0 Å². The van der Waals surface area contributed by atoms with Gasteiger partial charge in [-0.1, -0.05) is 249 Å². The average molecular weight is 947 g/mol. The van der Waals surface area contributed by atoms with Gasteiger partial charge in [-0.05, 0) is 89.9 Å². The molecule has 0 aromatic heterocycles. The van der Waals surface area contributed by atoms with Crippen molar-refractivity contribution in [2.75, 3.05) is 13.2 Å². The summed E-state index contributed by atoms with van der Waals surface area (Å²) >= 11 is 0. The molecule has 0 radical (unpaired) electrons. The minimum Gasteiger partial charge on any atom is -0.462 e. The number of unbranched alkanes of at least 4 members (excludes halogenated alkanes) is 16. The molecule has 382 valence electrons. The second kappa shape index (κ2) is 55.4. The van der Waals surface area contributed by atoms with Crippen molar-refractivity contribution in [3.05, 3.63) is 170 Å². The second-order valence-corrected chi connectivity index (χ2v) is 17.0. The average Bonchev–Trinajstić information content (AvgIpc) is 3.35. The van der Waals surface area contributed by atoms with Crippen LogP contribution in [0.2, 0.25) is 0 Å². The zero-order chi connectivity index (χ0) is 50.0. The summed E-state index contributed by atoms with van der Waals surface area (Å²) in [6.07, 6.45) is 81.8. The predicted octanol–water partition coefficient (Wildman–Crippen LogP) is 18.0. The molecule has 0 rings (SSSR count). The number of carbonyl (C=O) groups excluding carboxylic acids is 3. The van der Waals surface area contributed by atoms with E-state index >= 15 is 0 Å². The number of esters is 3. The quantitative estimate of drug-likeness (QED) is 0.0199. The highest BCUT2D eigenvalue weighted by Gasteiger charge is 2.19. The molecule has 1 unspecified atom stereocenters. The largest absolute Gasteiger partial charge is 0.462 e. The van der Waals surface area contributed by atoms with Gasteiger partial charge in [0.25, 0.3) is 0 Å². The molecular formula is C63H94O6. The highest BCUT2D eigenvalue weighted by molar-refractivity contribution is 5.71. The van der Waals surface area contributed by atoms with Crippen LogP contribution in [0.3, 0.4) is 0 Å². The SMILES string of the molecule is CC\C=C/C=C\C=C/C=C\C=C\C=C/CCCCCC(=O)OCC(COC(=O)CCCCCCCCC/C=C\C/C=C\CCCCC)OC(=O)CCCCC\C=C/C=C/C=C\C=C/C=C\C=C/CC. The lowest BCUT2D eigenvalue weighted by atomic mass is 10.1. The van der Waals surface area contributed by atoms with E-state index < -0.39 is 6.10 Å². The summed E-state index contributed by atoms with van der Waals surface area (Å²) in [6.45, 7) is 6.21. The van der Waals surface area contributed by atoms with Crippen molar-refractivity contribution in [3.63, 3.8) is 0 Å². The summed E-state index contributed by atoms with van der Waals surface area (Å²) in [5, 5.41) is 0. The van der Waals surface area contributed by atoms with Crippen molar-refractivity contribution in [1.82, 2.24) is 0 Å². The monoisotopic (exact) mass is 947 g/mol. The van der Waals surface area contributed by atoms with Crippen LogP contribution in [0.5, 0.6) is 0 Å². The maximum atomic E-state index is 12.8. The first kappa shape index (κ1) is 63.8. The molecule has 0 aromatic carbocycles. The molecule has 0 amide bonds. The summed E-state index contributed by atoms with van der Waals surface area (Å²) in [7, 11) is 0. The van der Waals surface area contributed by atoms with Crippen molar-refractivity contribution < 1.29 is 28.6 Å². The summed E-state index contributed by atoms with van der Waals surface area (Å²) in [4.78, 5) is 38.1. The van der Waals surface area contributed by atoms with Gasteiger partial charge in [0.1, 0.15) is 13.2 Å². The number of rotatable bonds is 45. The minimum absolute atomic E-state index is 0.124. The molecule has 0 aliphatic heterocycles. The molecule has 6 nitrogen and oxygen atoms in total. The lowest BCUT2D eigenvalue weighted by molar-refractivity contribution is -0.167. The van der Waals surface area contributed by atoms with Gasteiger partial charge in [0.05, 0.1) is 0 Å². The molecule has 0 saturated carbocycles. The number of carbonyl (C=O) groups is 3. The Morgan fingerprint density at radius 2 is 0.623 bits per heavy atom.